The molecule has 0 bridgehead atoms. The summed E-state index contributed by atoms with van der Waals surface area (Å²) >= 11 is 0. The molecule has 0 saturated carbocycles. The average Bonchev–Trinajstić information content (AvgIpc) is 2.47. The Morgan fingerprint density at radius 1 is 1.38 bits per heavy atom. The van der Waals surface area contributed by atoms with Crippen molar-refractivity contribution in [3.05, 3.63) is 12.7 Å². The number of nitrogens with zero attached hydrogens (tertiary/aromatic N) is 2. The molecule has 0 unspecified atom stereocenters. The number of hydrogen-bond donors (Lipinski definition) is 1. The van der Waals surface area contributed by atoms with Gasteiger partial charge in [0, 0.05) is 13.1 Å². The van der Waals surface area contributed by atoms with Crippen molar-refractivity contribution >= 4 is 23.9 Å². The molecule has 86 valence electrons. The van der Waals surface area contributed by atoms with Crippen molar-refractivity contribution < 1.29 is 19.2 Å². The van der Waals surface area contributed by atoms with E-state index in [0.29, 0.717) is 4.90 Å². The van der Waals surface area contributed by atoms with E-state index in [0.717, 1.165) is 0 Å². The molecule has 1 N–H and O–H groups in total. The molecule has 1 saturated heterocycles. The molecule has 6 amide bonds. The van der Waals surface area contributed by atoms with Crippen LogP contribution in [0.5, 0.6) is 0 Å². The van der Waals surface area contributed by atoms with E-state index in [4.69, 9.17) is 0 Å². The van der Waals surface area contributed by atoms with Crippen molar-refractivity contribution in [2.45, 2.75) is 6.92 Å². The van der Waals surface area contributed by atoms with Crippen molar-refractivity contribution in [1.82, 2.24) is 15.1 Å². The molecular weight excluding hydrogens is 214 g/mol. The number of urea groups is 2. The molecule has 0 atom stereocenters. The van der Waals surface area contributed by atoms with Gasteiger partial charge in [0.2, 0.25) is 0 Å². The summed E-state index contributed by atoms with van der Waals surface area (Å²) in [6, 6.07) is -1.83. The first-order valence-corrected chi connectivity index (χ1v) is 4.63. The van der Waals surface area contributed by atoms with Crippen LogP contribution in [0.25, 0.3) is 0 Å². The van der Waals surface area contributed by atoms with E-state index in [9.17, 15) is 19.2 Å². The van der Waals surface area contributed by atoms with Gasteiger partial charge in [0.15, 0.2) is 0 Å². The van der Waals surface area contributed by atoms with Gasteiger partial charge in [-0.3, -0.25) is 14.5 Å². The molecule has 1 aliphatic heterocycles. The molecule has 16 heavy (non-hydrogen) atoms. The van der Waals surface area contributed by atoms with Gasteiger partial charge >= 0.3 is 23.9 Å². The van der Waals surface area contributed by atoms with Crippen molar-refractivity contribution in [3.8, 4) is 0 Å². The van der Waals surface area contributed by atoms with E-state index < -0.39 is 23.9 Å². The highest BCUT2D eigenvalue weighted by atomic mass is 16.2. The van der Waals surface area contributed by atoms with Crippen LogP contribution in [0.1, 0.15) is 6.92 Å². The second-order valence-electron chi connectivity index (χ2n) is 2.95. The first kappa shape index (κ1) is 11.9. The Morgan fingerprint density at radius 3 is 2.44 bits per heavy atom. The van der Waals surface area contributed by atoms with Gasteiger partial charge < -0.3 is 5.32 Å². The van der Waals surface area contributed by atoms with Crippen LogP contribution in [0.2, 0.25) is 0 Å². The van der Waals surface area contributed by atoms with E-state index in [1.54, 1.807) is 0 Å². The topological polar surface area (TPSA) is 86.8 Å². The number of hydrogen-bond acceptors (Lipinski definition) is 4. The smallest absolute Gasteiger partial charge is 0.334 e. The lowest BCUT2D eigenvalue weighted by atomic mass is 10.5. The molecule has 0 aromatic carbocycles. The molecule has 0 aromatic rings. The predicted octanol–water partition coefficient (Wildman–Crippen LogP) is -0.307. The Morgan fingerprint density at radius 2 is 2.00 bits per heavy atom. The summed E-state index contributed by atoms with van der Waals surface area (Å²) in [5.74, 6) is -2.12. The molecule has 1 heterocycles. The summed E-state index contributed by atoms with van der Waals surface area (Å²) < 4.78 is 0. The van der Waals surface area contributed by atoms with Crippen LogP contribution in [0.4, 0.5) is 9.59 Å². The summed E-state index contributed by atoms with van der Waals surface area (Å²) in [6.07, 6.45) is 1.39. The third-order valence-electron chi connectivity index (χ3n) is 1.97. The number of carbonyl (C=O) groups is 4. The summed E-state index contributed by atoms with van der Waals surface area (Å²) in [6.45, 7) is 5.06. The zero-order valence-corrected chi connectivity index (χ0v) is 8.73. The lowest BCUT2D eigenvalue weighted by Gasteiger charge is -2.12. The number of carbonyl (C=O) groups excluding carboxylic acids is 4. The normalized spacial score (nSPS) is 15.7. The SMILES string of the molecule is C=CCNC(=O)N1C(=O)C(=O)N(CC)C1=O. The van der Waals surface area contributed by atoms with Crippen LogP contribution in [0, 0.1) is 0 Å². The molecule has 7 nitrogen and oxygen atoms in total. The minimum Gasteiger partial charge on any atom is -0.334 e. The van der Waals surface area contributed by atoms with Crippen LogP contribution in [-0.2, 0) is 9.59 Å². The maximum Gasteiger partial charge on any atom is 0.342 e. The molecule has 0 aromatic heterocycles. The van der Waals surface area contributed by atoms with E-state index in [1.165, 1.54) is 13.0 Å². The number of nitrogens with one attached hydrogen (secondary N) is 1. The molecule has 1 fully saturated rings. The number of likely N-dealkylation sites (N-methyl/N-ethyl adjacent to an activating group) is 1. The molecule has 1 rings (SSSR count). The van der Waals surface area contributed by atoms with Crippen LogP contribution < -0.4 is 5.32 Å². The third kappa shape index (κ3) is 1.79. The molecule has 7 heteroatoms. The quantitative estimate of drug-likeness (QED) is 0.405. The molecule has 0 radical (unpaired) electrons. The zero-order chi connectivity index (χ0) is 12.3. The summed E-state index contributed by atoms with van der Waals surface area (Å²) in [7, 11) is 0. The Balaban J connectivity index is 2.85. The van der Waals surface area contributed by atoms with E-state index >= 15 is 0 Å². The second-order valence-corrected chi connectivity index (χ2v) is 2.95. The van der Waals surface area contributed by atoms with Crippen molar-refractivity contribution in [1.29, 1.82) is 0 Å². The standard InChI is InChI=1S/C9H11N3O4/c1-3-5-10-8(15)12-7(14)6(13)11(4-2)9(12)16/h3H,1,4-5H2,2H3,(H,10,15). The van der Waals surface area contributed by atoms with Gasteiger partial charge in [-0.2, -0.15) is 4.90 Å². The third-order valence-corrected chi connectivity index (χ3v) is 1.97. The lowest BCUT2D eigenvalue weighted by Crippen LogP contribution is -2.44. The number of imide groups is 4. The van der Waals surface area contributed by atoms with Crippen LogP contribution >= 0.6 is 0 Å². The Bertz CT molecular complexity index is 377. The van der Waals surface area contributed by atoms with Crippen LogP contribution in [0.3, 0.4) is 0 Å². The van der Waals surface area contributed by atoms with Gasteiger partial charge in [-0.25, -0.2) is 9.59 Å². The molecular formula is C9H11N3O4. The number of amides is 6. The van der Waals surface area contributed by atoms with E-state index in [2.05, 4.69) is 11.9 Å². The predicted molar refractivity (Wildman–Crippen MR) is 53.2 cm³/mol. The van der Waals surface area contributed by atoms with Gasteiger partial charge in [-0.15, -0.1) is 6.58 Å². The lowest BCUT2D eigenvalue weighted by molar-refractivity contribution is -0.142. The Hall–Kier alpha value is -2.18. The highest BCUT2D eigenvalue weighted by Crippen LogP contribution is 2.11. The van der Waals surface area contributed by atoms with E-state index in [1.807, 2.05) is 0 Å². The summed E-state index contributed by atoms with van der Waals surface area (Å²) in [5.41, 5.74) is 0. The maximum absolute atomic E-state index is 11.5. The van der Waals surface area contributed by atoms with E-state index in [-0.39, 0.29) is 18.0 Å². The number of rotatable bonds is 3. The molecule has 0 aliphatic carbocycles. The van der Waals surface area contributed by atoms with Gasteiger partial charge in [0.1, 0.15) is 0 Å². The first-order chi connectivity index (χ1) is 7.54. The zero-order valence-electron chi connectivity index (χ0n) is 8.73. The van der Waals surface area contributed by atoms with Gasteiger partial charge in [-0.05, 0) is 6.92 Å². The summed E-state index contributed by atoms with van der Waals surface area (Å²) in [5, 5.41) is 2.25. The Kier molecular flexibility index (Phi) is 3.39. The fraction of sp³-hybridized carbons (Fsp3) is 0.333. The van der Waals surface area contributed by atoms with Gasteiger partial charge in [0.25, 0.3) is 0 Å². The minimum absolute atomic E-state index is 0.0502. The summed E-state index contributed by atoms with van der Waals surface area (Å²) in [4.78, 5) is 46.4. The first-order valence-electron chi connectivity index (χ1n) is 4.63. The fourth-order valence-electron chi connectivity index (χ4n) is 1.20. The van der Waals surface area contributed by atoms with Crippen LogP contribution in [-0.4, -0.2) is 46.8 Å². The fourth-order valence-corrected chi connectivity index (χ4v) is 1.20. The molecule has 1 aliphatic rings. The largest absolute Gasteiger partial charge is 0.342 e. The maximum atomic E-state index is 11.5. The monoisotopic (exact) mass is 225 g/mol. The van der Waals surface area contributed by atoms with Crippen molar-refractivity contribution in [3.63, 3.8) is 0 Å². The van der Waals surface area contributed by atoms with Crippen molar-refractivity contribution in [2.24, 2.45) is 0 Å². The molecule has 0 spiro atoms. The average molecular weight is 225 g/mol. The van der Waals surface area contributed by atoms with Gasteiger partial charge in [-0.1, -0.05) is 6.08 Å². The van der Waals surface area contributed by atoms with Gasteiger partial charge in [0.05, 0.1) is 0 Å². The highest BCUT2D eigenvalue weighted by molar-refractivity contribution is 6.48. The second kappa shape index (κ2) is 4.56. The Labute approximate surface area is 91.7 Å². The van der Waals surface area contributed by atoms with Crippen molar-refractivity contribution in [2.75, 3.05) is 13.1 Å². The minimum atomic E-state index is -1.13. The van der Waals surface area contributed by atoms with Crippen LogP contribution in [0.15, 0.2) is 12.7 Å². The highest BCUT2D eigenvalue weighted by Gasteiger charge is 2.47.